The minimum Gasteiger partial charge on any atom is -0.448 e. The summed E-state index contributed by atoms with van der Waals surface area (Å²) in [4.78, 5) is 22.0. The molecule has 128 valence electrons. The molecule has 3 aromatic rings. The standard InChI is InChI=1S/C16H16N6O3/c23-14-4-3-12(14)21-16(24)13-9-25-15(20-13)7-10-1-2-11(8-17-10)22-18-5-6-19-22/h1-2,5-6,8-9,12,14,23H,3-4,7H2,(H,21,24)/t12-,14+/m1/s1. The first-order chi connectivity index (χ1) is 12.2. The average molecular weight is 340 g/mol. The van der Waals surface area contributed by atoms with Gasteiger partial charge in [-0.1, -0.05) is 0 Å². The Hall–Kier alpha value is -3.07. The van der Waals surface area contributed by atoms with E-state index >= 15 is 0 Å². The van der Waals surface area contributed by atoms with Crippen LogP contribution < -0.4 is 5.32 Å². The van der Waals surface area contributed by atoms with Crippen molar-refractivity contribution in [2.24, 2.45) is 0 Å². The summed E-state index contributed by atoms with van der Waals surface area (Å²) in [6.07, 6.45) is 7.55. The van der Waals surface area contributed by atoms with E-state index in [2.05, 4.69) is 25.5 Å². The van der Waals surface area contributed by atoms with Crippen molar-refractivity contribution >= 4 is 5.91 Å². The summed E-state index contributed by atoms with van der Waals surface area (Å²) >= 11 is 0. The molecular weight excluding hydrogens is 324 g/mol. The van der Waals surface area contributed by atoms with Crippen LogP contribution in [0.3, 0.4) is 0 Å². The number of hydrogen-bond acceptors (Lipinski definition) is 7. The first kappa shape index (κ1) is 15.5. The number of aromatic nitrogens is 5. The van der Waals surface area contributed by atoms with Crippen molar-refractivity contribution in [1.82, 2.24) is 30.3 Å². The third-order valence-corrected chi connectivity index (χ3v) is 4.13. The number of oxazole rings is 1. The van der Waals surface area contributed by atoms with Crippen LogP contribution in [0.5, 0.6) is 0 Å². The van der Waals surface area contributed by atoms with Gasteiger partial charge in [-0.25, -0.2) is 4.98 Å². The number of nitrogens with zero attached hydrogens (tertiary/aromatic N) is 5. The number of amides is 1. The average Bonchev–Trinajstić information content (AvgIpc) is 3.31. The van der Waals surface area contributed by atoms with E-state index in [1.807, 2.05) is 12.1 Å². The van der Waals surface area contributed by atoms with Crippen LogP contribution in [0.15, 0.2) is 41.4 Å². The van der Waals surface area contributed by atoms with E-state index in [9.17, 15) is 9.90 Å². The van der Waals surface area contributed by atoms with Gasteiger partial charge in [-0.05, 0) is 25.0 Å². The molecule has 1 fully saturated rings. The fourth-order valence-corrected chi connectivity index (χ4v) is 2.53. The largest absolute Gasteiger partial charge is 0.448 e. The molecule has 0 aromatic carbocycles. The molecular formula is C16H16N6O3. The molecule has 0 bridgehead atoms. The maximum absolute atomic E-state index is 12.1. The van der Waals surface area contributed by atoms with Crippen molar-refractivity contribution in [1.29, 1.82) is 0 Å². The van der Waals surface area contributed by atoms with Gasteiger partial charge >= 0.3 is 0 Å². The van der Waals surface area contributed by atoms with Crippen LogP contribution in [-0.4, -0.2) is 48.1 Å². The highest BCUT2D eigenvalue weighted by Gasteiger charge is 2.30. The van der Waals surface area contributed by atoms with E-state index in [0.717, 1.165) is 17.8 Å². The topological polar surface area (TPSA) is 119 Å². The van der Waals surface area contributed by atoms with E-state index in [1.54, 1.807) is 18.6 Å². The van der Waals surface area contributed by atoms with Crippen LogP contribution in [0.4, 0.5) is 0 Å². The van der Waals surface area contributed by atoms with Gasteiger partial charge in [0.05, 0.1) is 37.2 Å². The maximum atomic E-state index is 12.1. The first-order valence-electron chi connectivity index (χ1n) is 7.94. The van der Waals surface area contributed by atoms with Gasteiger partial charge in [0.1, 0.15) is 12.0 Å². The minimum atomic E-state index is -0.470. The SMILES string of the molecule is O=C(N[C@@H]1CC[C@@H]1O)c1coc(Cc2ccc(-n3nccn3)cn2)n1. The molecule has 1 aliphatic carbocycles. The second-order valence-corrected chi connectivity index (χ2v) is 5.85. The molecule has 3 heterocycles. The predicted molar refractivity (Wildman–Crippen MR) is 85.0 cm³/mol. The second-order valence-electron chi connectivity index (χ2n) is 5.85. The quantitative estimate of drug-likeness (QED) is 0.694. The molecule has 0 spiro atoms. The summed E-state index contributed by atoms with van der Waals surface area (Å²) in [5.41, 5.74) is 1.70. The summed E-state index contributed by atoms with van der Waals surface area (Å²) < 4.78 is 5.35. The number of hydrogen-bond donors (Lipinski definition) is 2. The molecule has 9 heteroatoms. The molecule has 9 nitrogen and oxygen atoms in total. The highest BCUT2D eigenvalue weighted by molar-refractivity contribution is 5.92. The van der Waals surface area contributed by atoms with Crippen molar-refractivity contribution < 1.29 is 14.3 Å². The van der Waals surface area contributed by atoms with Crippen LogP contribution in [0.25, 0.3) is 5.69 Å². The Kier molecular flexibility index (Phi) is 3.98. The molecule has 1 aliphatic rings. The van der Waals surface area contributed by atoms with Crippen molar-refractivity contribution in [3.05, 3.63) is 54.3 Å². The third kappa shape index (κ3) is 3.26. The summed E-state index contributed by atoms with van der Waals surface area (Å²) in [6.45, 7) is 0. The summed E-state index contributed by atoms with van der Waals surface area (Å²) in [5, 5.41) is 20.3. The molecule has 1 amide bonds. The number of aliphatic hydroxyl groups is 1. The fourth-order valence-electron chi connectivity index (χ4n) is 2.53. The van der Waals surface area contributed by atoms with Crippen LogP contribution in [0, 0.1) is 0 Å². The van der Waals surface area contributed by atoms with E-state index < -0.39 is 6.10 Å². The molecule has 0 aliphatic heterocycles. The molecule has 0 unspecified atom stereocenters. The van der Waals surface area contributed by atoms with Crippen LogP contribution in [0.2, 0.25) is 0 Å². The van der Waals surface area contributed by atoms with E-state index in [0.29, 0.717) is 18.7 Å². The van der Waals surface area contributed by atoms with Crippen molar-refractivity contribution in [2.75, 3.05) is 0 Å². The lowest BCUT2D eigenvalue weighted by Crippen LogP contribution is -2.50. The Morgan fingerprint density at radius 2 is 2.16 bits per heavy atom. The van der Waals surface area contributed by atoms with Gasteiger partial charge in [0.25, 0.3) is 5.91 Å². The summed E-state index contributed by atoms with van der Waals surface area (Å²) in [6, 6.07) is 3.47. The number of rotatable bonds is 5. The Morgan fingerprint density at radius 1 is 1.32 bits per heavy atom. The van der Waals surface area contributed by atoms with Crippen molar-refractivity contribution in [3.8, 4) is 5.69 Å². The van der Waals surface area contributed by atoms with E-state index in [-0.39, 0.29) is 17.6 Å². The number of aliphatic hydroxyl groups excluding tert-OH is 1. The predicted octanol–water partition coefficient (Wildman–Crippen LogP) is 0.494. The maximum Gasteiger partial charge on any atom is 0.273 e. The number of pyridine rings is 1. The molecule has 1 saturated carbocycles. The second kappa shape index (κ2) is 6.44. The molecule has 0 saturated heterocycles. The molecule has 2 atom stereocenters. The van der Waals surface area contributed by atoms with Gasteiger partial charge in [-0.15, -0.1) is 0 Å². The minimum absolute atomic E-state index is 0.197. The van der Waals surface area contributed by atoms with Crippen LogP contribution in [0.1, 0.15) is 34.9 Å². The van der Waals surface area contributed by atoms with Gasteiger partial charge < -0.3 is 14.8 Å². The zero-order valence-electron chi connectivity index (χ0n) is 13.2. The molecule has 0 radical (unpaired) electrons. The zero-order chi connectivity index (χ0) is 17.2. The van der Waals surface area contributed by atoms with Gasteiger partial charge in [0.2, 0.25) is 5.89 Å². The van der Waals surface area contributed by atoms with Crippen molar-refractivity contribution in [2.45, 2.75) is 31.4 Å². The highest BCUT2D eigenvalue weighted by atomic mass is 16.3. The Balaban J connectivity index is 1.40. The molecule has 25 heavy (non-hydrogen) atoms. The van der Waals surface area contributed by atoms with Crippen LogP contribution >= 0.6 is 0 Å². The number of carbonyl (C=O) groups is 1. The smallest absolute Gasteiger partial charge is 0.273 e. The lowest BCUT2D eigenvalue weighted by atomic mass is 9.89. The van der Waals surface area contributed by atoms with Gasteiger partial charge in [-0.3, -0.25) is 9.78 Å². The molecule has 4 rings (SSSR count). The zero-order valence-corrected chi connectivity index (χ0v) is 13.2. The Labute approximate surface area is 142 Å². The summed E-state index contributed by atoms with van der Waals surface area (Å²) in [7, 11) is 0. The highest BCUT2D eigenvalue weighted by Crippen LogP contribution is 2.20. The fraction of sp³-hybridized carbons (Fsp3) is 0.312. The number of carbonyl (C=O) groups excluding carboxylic acids is 1. The Morgan fingerprint density at radius 3 is 2.80 bits per heavy atom. The summed E-state index contributed by atoms with van der Waals surface area (Å²) in [5.74, 6) is 0.0589. The third-order valence-electron chi connectivity index (χ3n) is 4.13. The lowest BCUT2D eigenvalue weighted by Gasteiger charge is -2.32. The van der Waals surface area contributed by atoms with Gasteiger partial charge in [0, 0.05) is 5.69 Å². The van der Waals surface area contributed by atoms with E-state index in [4.69, 9.17) is 4.42 Å². The monoisotopic (exact) mass is 340 g/mol. The van der Waals surface area contributed by atoms with Crippen molar-refractivity contribution in [3.63, 3.8) is 0 Å². The first-order valence-corrected chi connectivity index (χ1v) is 7.94. The van der Waals surface area contributed by atoms with Crippen LogP contribution in [-0.2, 0) is 6.42 Å². The lowest BCUT2D eigenvalue weighted by molar-refractivity contribution is 0.0445. The van der Waals surface area contributed by atoms with Gasteiger partial charge in [0.15, 0.2) is 5.69 Å². The normalized spacial score (nSPS) is 19.4. The number of nitrogens with one attached hydrogen (secondary N) is 1. The molecule has 3 aromatic heterocycles. The van der Waals surface area contributed by atoms with Gasteiger partial charge in [-0.2, -0.15) is 15.0 Å². The Bertz CT molecular complexity index is 858. The molecule has 2 N–H and O–H groups in total. The van der Waals surface area contributed by atoms with E-state index in [1.165, 1.54) is 11.1 Å².